The predicted octanol–water partition coefficient (Wildman–Crippen LogP) is 3.78. The van der Waals surface area contributed by atoms with Crippen LogP contribution < -0.4 is 4.74 Å². The molecule has 2 heterocycles. The summed E-state index contributed by atoms with van der Waals surface area (Å²) in [7, 11) is 1.65. The Balaban J connectivity index is 1.37. The van der Waals surface area contributed by atoms with Gasteiger partial charge in [0, 0.05) is 32.7 Å². The summed E-state index contributed by atoms with van der Waals surface area (Å²) in [4.78, 5) is 4.86. The summed E-state index contributed by atoms with van der Waals surface area (Å²) in [6.07, 6.45) is 0. The number of piperazine rings is 1. The summed E-state index contributed by atoms with van der Waals surface area (Å²) in [6, 6.07) is 25.0. The van der Waals surface area contributed by atoms with E-state index in [1.54, 1.807) is 7.11 Å². The van der Waals surface area contributed by atoms with E-state index >= 15 is 0 Å². The van der Waals surface area contributed by atoms with Crippen LogP contribution in [0.1, 0.15) is 28.6 Å². The molecular formula is C27H29FN6O. The number of nitrogens with zero attached hydrogens (tertiary/aromatic N) is 6. The Morgan fingerprint density at radius 2 is 1.51 bits per heavy atom. The zero-order valence-corrected chi connectivity index (χ0v) is 19.8. The summed E-state index contributed by atoms with van der Waals surface area (Å²) in [5.41, 5.74) is 3.37. The Morgan fingerprint density at radius 3 is 2.20 bits per heavy atom. The van der Waals surface area contributed by atoms with Crippen molar-refractivity contribution in [2.45, 2.75) is 19.1 Å². The molecule has 0 saturated carbocycles. The number of methoxy groups -OCH3 is 1. The maximum Gasteiger partial charge on any atom is 0.173 e. The topological polar surface area (TPSA) is 59.3 Å². The van der Waals surface area contributed by atoms with Gasteiger partial charge in [0.15, 0.2) is 5.82 Å². The van der Waals surface area contributed by atoms with Gasteiger partial charge in [0.1, 0.15) is 11.6 Å². The van der Waals surface area contributed by atoms with Gasteiger partial charge in [-0.15, -0.1) is 5.10 Å². The van der Waals surface area contributed by atoms with Gasteiger partial charge in [-0.05, 0) is 51.4 Å². The van der Waals surface area contributed by atoms with Crippen LogP contribution in [0.15, 0.2) is 78.9 Å². The zero-order chi connectivity index (χ0) is 24.0. The molecule has 1 unspecified atom stereocenters. The predicted molar refractivity (Wildman–Crippen MR) is 131 cm³/mol. The molecule has 4 aromatic rings. The first-order chi connectivity index (χ1) is 17.2. The van der Waals surface area contributed by atoms with E-state index in [0.29, 0.717) is 6.54 Å². The molecule has 1 atom stereocenters. The van der Waals surface area contributed by atoms with Gasteiger partial charge in [-0.1, -0.05) is 54.6 Å². The molecule has 1 aliphatic rings. The van der Waals surface area contributed by atoms with E-state index in [-0.39, 0.29) is 11.9 Å². The van der Waals surface area contributed by atoms with Gasteiger partial charge in [0.25, 0.3) is 0 Å². The molecule has 8 heteroatoms. The van der Waals surface area contributed by atoms with E-state index in [1.807, 2.05) is 47.1 Å². The van der Waals surface area contributed by atoms with Crippen LogP contribution in [0, 0.1) is 5.82 Å². The van der Waals surface area contributed by atoms with Crippen molar-refractivity contribution in [3.63, 3.8) is 0 Å². The van der Waals surface area contributed by atoms with Crippen molar-refractivity contribution in [1.29, 1.82) is 0 Å². The summed E-state index contributed by atoms with van der Waals surface area (Å²) in [5.74, 6) is 1.31. The summed E-state index contributed by atoms with van der Waals surface area (Å²) < 4.78 is 20.9. The molecule has 0 bridgehead atoms. The summed E-state index contributed by atoms with van der Waals surface area (Å²) >= 11 is 0. The smallest absolute Gasteiger partial charge is 0.173 e. The molecular weight excluding hydrogens is 443 g/mol. The highest BCUT2D eigenvalue weighted by molar-refractivity contribution is 5.29. The fourth-order valence-corrected chi connectivity index (χ4v) is 4.61. The fourth-order valence-electron chi connectivity index (χ4n) is 4.61. The molecule has 180 valence electrons. The van der Waals surface area contributed by atoms with Crippen LogP contribution >= 0.6 is 0 Å². The van der Waals surface area contributed by atoms with Crippen LogP contribution in [-0.2, 0) is 13.1 Å². The second kappa shape index (κ2) is 10.8. The molecule has 35 heavy (non-hydrogen) atoms. The second-order valence-electron chi connectivity index (χ2n) is 8.79. The third kappa shape index (κ3) is 5.55. The number of tetrazole rings is 1. The molecule has 0 N–H and O–H groups in total. The Bertz CT molecular complexity index is 1200. The third-order valence-electron chi connectivity index (χ3n) is 6.50. The van der Waals surface area contributed by atoms with Gasteiger partial charge in [-0.2, -0.15) is 0 Å². The Labute approximate surface area is 204 Å². The lowest BCUT2D eigenvalue weighted by Crippen LogP contribution is -2.48. The quantitative estimate of drug-likeness (QED) is 0.389. The van der Waals surface area contributed by atoms with E-state index < -0.39 is 0 Å². The molecule has 0 aliphatic carbocycles. The molecule has 3 aromatic carbocycles. The van der Waals surface area contributed by atoms with Gasteiger partial charge in [-0.3, -0.25) is 9.80 Å². The van der Waals surface area contributed by atoms with Crippen molar-refractivity contribution in [2.75, 3.05) is 33.3 Å². The van der Waals surface area contributed by atoms with Crippen LogP contribution in [0.2, 0.25) is 0 Å². The number of benzene rings is 3. The summed E-state index contributed by atoms with van der Waals surface area (Å²) in [6.45, 7) is 5.08. The van der Waals surface area contributed by atoms with Crippen molar-refractivity contribution >= 4 is 0 Å². The standard InChI is InChI=1S/C27H29FN6O/c1-35-25-13-7-22(8-14-25)20-34-27(29-30-31-34)26(23-9-11-24(28)12-10-23)33-17-15-32(16-18-33)19-21-5-3-2-4-6-21/h2-14,26H,15-20H2,1H3. The second-order valence-corrected chi connectivity index (χ2v) is 8.79. The highest BCUT2D eigenvalue weighted by atomic mass is 19.1. The van der Waals surface area contributed by atoms with Gasteiger partial charge < -0.3 is 4.74 Å². The van der Waals surface area contributed by atoms with Crippen LogP contribution in [0.4, 0.5) is 4.39 Å². The van der Waals surface area contributed by atoms with E-state index in [4.69, 9.17) is 4.74 Å². The zero-order valence-electron chi connectivity index (χ0n) is 19.8. The molecule has 0 radical (unpaired) electrons. The van der Waals surface area contributed by atoms with E-state index in [0.717, 1.165) is 55.4 Å². The van der Waals surface area contributed by atoms with Crippen molar-refractivity contribution in [3.8, 4) is 5.75 Å². The van der Waals surface area contributed by atoms with Crippen molar-refractivity contribution in [3.05, 3.63) is 107 Å². The minimum Gasteiger partial charge on any atom is -0.497 e. The van der Waals surface area contributed by atoms with Crippen molar-refractivity contribution in [1.82, 2.24) is 30.0 Å². The van der Waals surface area contributed by atoms with Gasteiger partial charge in [0.05, 0.1) is 19.7 Å². The van der Waals surface area contributed by atoms with Crippen LogP contribution in [0.25, 0.3) is 0 Å². The van der Waals surface area contributed by atoms with E-state index in [1.165, 1.54) is 17.7 Å². The lowest BCUT2D eigenvalue weighted by molar-refractivity contribution is 0.100. The van der Waals surface area contributed by atoms with Gasteiger partial charge in [0.2, 0.25) is 0 Å². The number of hydrogen-bond acceptors (Lipinski definition) is 6. The lowest BCUT2D eigenvalue weighted by Gasteiger charge is -2.39. The highest BCUT2D eigenvalue weighted by Gasteiger charge is 2.30. The molecule has 5 rings (SSSR count). The number of aromatic nitrogens is 4. The third-order valence-corrected chi connectivity index (χ3v) is 6.50. The molecule has 7 nitrogen and oxygen atoms in total. The molecule has 1 fully saturated rings. The minimum absolute atomic E-state index is 0.164. The Morgan fingerprint density at radius 1 is 0.829 bits per heavy atom. The van der Waals surface area contributed by atoms with Crippen LogP contribution in [0.5, 0.6) is 5.75 Å². The highest BCUT2D eigenvalue weighted by Crippen LogP contribution is 2.29. The first-order valence-corrected chi connectivity index (χ1v) is 11.8. The van der Waals surface area contributed by atoms with Crippen LogP contribution in [-0.4, -0.2) is 63.3 Å². The molecule has 0 amide bonds. The largest absolute Gasteiger partial charge is 0.497 e. The maximum atomic E-state index is 13.7. The molecule has 1 aromatic heterocycles. The Kier molecular flexibility index (Phi) is 7.11. The van der Waals surface area contributed by atoms with E-state index in [9.17, 15) is 4.39 Å². The lowest BCUT2D eigenvalue weighted by atomic mass is 10.0. The summed E-state index contributed by atoms with van der Waals surface area (Å²) in [5, 5.41) is 12.7. The van der Waals surface area contributed by atoms with Gasteiger partial charge in [-0.25, -0.2) is 9.07 Å². The number of halogens is 1. The molecule has 0 spiro atoms. The number of rotatable bonds is 8. The fraction of sp³-hybridized carbons (Fsp3) is 0.296. The first kappa shape index (κ1) is 23.1. The SMILES string of the molecule is COc1ccc(Cn2nnnc2C(c2ccc(F)cc2)N2CCN(Cc3ccccc3)CC2)cc1. The average Bonchev–Trinajstić information content (AvgIpc) is 3.35. The van der Waals surface area contributed by atoms with Crippen LogP contribution in [0.3, 0.4) is 0 Å². The number of hydrogen-bond donors (Lipinski definition) is 0. The van der Waals surface area contributed by atoms with Crippen molar-refractivity contribution in [2.24, 2.45) is 0 Å². The number of ether oxygens (including phenoxy) is 1. The van der Waals surface area contributed by atoms with Gasteiger partial charge >= 0.3 is 0 Å². The average molecular weight is 473 g/mol. The monoisotopic (exact) mass is 472 g/mol. The normalized spacial score (nSPS) is 15.7. The maximum absolute atomic E-state index is 13.7. The Hall–Kier alpha value is -3.62. The molecule has 1 saturated heterocycles. The molecule has 1 aliphatic heterocycles. The first-order valence-electron chi connectivity index (χ1n) is 11.8. The minimum atomic E-state index is -0.252. The van der Waals surface area contributed by atoms with E-state index in [2.05, 4.69) is 49.6 Å². The van der Waals surface area contributed by atoms with Crippen molar-refractivity contribution < 1.29 is 9.13 Å².